The molecule has 4 heteroatoms. The molecule has 0 saturated carbocycles. The van der Waals surface area contributed by atoms with Crippen molar-refractivity contribution in [2.24, 2.45) is 5.92 Å². The Balaban J connectivity index is 2.28. The summed E-state index contributed by atoms with van der Waals surface area (Å²) in [4.78, 5) is 26.1. The summed E-state index contributed by atoms with van der Waals surface area (Å²) >= 11 is 0. The highest BCUT2D eigenvalue weighted by molar-refractivity contribution is 5.85. The van der Waals surface area contributed by atoms with E-state index in [9.17, 15) is 9.59 Å². The Kier molecular flexibility index (Phi) is 4.78. The molecule has 2 atom stereocenters. The molecule has 0 aromatic heterocycles. The molecule has 1 saturated heterocycles. The molecule has 1 aliphatic heterocycles. The van der Waals surface area contributed by atoms with Gasteiger partial charge in [0.15, 0.2) is 0 Å². The maximum Gasteiger partial charge on any atom is 0.225 e. The van der Waals surface area contributed by atoms with E-state index in [0.717, 1.165) is 11.1 Å². The summed E-state index contributed by atoms with van der Waals surface area (Å²) in [6.45, 7) is 6.09. The molecule has 0 aliphatic carbocycles. The first-order chi connectivity index (χ1) is 10.0. The average molecular weight is 286 g/mol. The van der Waals surface area contributed by atoms with Gasteiger partial charge in [-0.3, -0.25) is 9.59 Å². The molecule has 0 radical (unpaired) electrons. The topological polar surface area (TPSA) is 49.4 Å². The molecule has 1 aliphatic rings. The number of aryl methyl sites for hydroxylation is 1. The van der Waals surface area contributed by atoms with E-state index >= 15 is 0 Å². The lowest BCUT2D eigenvalue weighted by Crippen LogP contribution is -2.46. The van der Waals surface area contributed by atoms with Gasteiger partial charge >= 0.3 is 0 Å². The molecule has 1 aromatic carbocycles. The van der Waals surface area contributed by atoms with E-state index < -0.39 is 0 Å². The fraction of sp³-hybridized carbons (Fsp3) is 0.412. The fourth-order valence-electron chi connectivity index (χ4n) is 2.84. The third-order valence-electron chi connectivity index (χ3n) is 4.04. The zero-order chi connectivity index (χ0) is 15.4. The smallest absolute Gasteiger partial charge is 0.225 e. The van der Waals surface area contributed by atoms with Crippen LogP contribution in [0.1, 0.15) is 30.0 Å². The van der Waals surface area contributed by atoms with Crippen LogP contribution in [0.3, 0.4) is 0 Å². The first kappa shape index (κ1) is 15.3. The Morgan fingerprint density at radius 2 is 2.10 bits per heavy atom. The Morgan fingerprint density at radius 3 is 2.71 bits per heavy atom. The summed E-state index contributed by atoms with van der Waals surface area (Å²) in [5.41, 5.74) is 2.17. The SMILES string of the molecule is C=CCNC(=O)[C@@H]1CCC(=O)N(C)[C@H]1c1ccc(C)cc1. The van der Waals surface area contributed by atoms with E-state index in [-0.39, 0.29) is 23.8 Å². The van der Waals surface area contributed by atoms with Gasteiger partial charge in [0, 0.05) is 20.0 Å². The number of piperidine rings is 1. The van der Waals surface area contributed by atoms with Gasteiger partial charge in [-0.05, 0) is 18.9 Å². The summed E-state index contributed by atoms with van der Waals surface area (Å²) in [6.07, 6.45) is 2.67. The van der Waals surface area contributed by atoms with Gasteiger partial charge in [0.05, 0.1) is 12.0 Å². The van der Waals surface area contributed by atoms with Crippen molar-refractivity contribution in [1.29, 1.82) is 0 Å². The second-order valence-corrected chi connectivity index (χ2v) is 5.54. The minimum absolute atomic E-state index is 0.0141. The summed E-state index contributed by atoms with van der Waals surface area (Å²) in [6, 6.07) is 7.84. The van der Waals surface area contributed by atoms with Crippen LogP contribution in [0.15, 0.2) is 36.9 Å². The number of nitrogens with one attached hydrogen (secondary N) is 1. The van der Waals surface area contributed by atoms with Gasteiger partial charge in [-0.25, -0.2) is 0 Å². The zero-order valence-corrected chi connectivity index (χ0v) is 12.6. The predicted molar refractivity (Wildman–Crippen MR) is 82.6 cm³/mol. The number of rotatable bonds is 4. The summed E-state index contributed by atoms with van der Waals surface area (Å²) in [7, 11) is 1.78. The number of carbonyl (C=O) groups excluding carboxylic acids is 2. The van der Waals surface area contributed by atoms with Crippen LogP contribution in [0, 0.1) is 12.8 Å². The van der Waals surface area contributed by atoms with Crippen molar-refractivity contribution in [3.8, 4) is 0 Å². The van der Waals surface area contributed by atoms with Crippen LogP contribution in [-0.4, -0.2) is 30.3 Å². The second kappa shape index (κ2) is 6.57. The molecule has 21 heavy (non-hydrogen) atoms. The number of amides is 2. The molecule has 0 bridgehead atoms. The molecule has 112 valence electrons. The van der Waals surface area contributed by atoms with Crippen LogP contribution >= 0.6 is 0 Å². The minimum Gasteiger partial charge on any atom is -0.352 e. The molecular formula is C17H22N2O2. The standard InChI is InChI=1S/C17H22N2O2/c1-4-11-18-17(21)14-9-10-15(20)19(3)16(14)13-7-5-12(2)6-8-13/h4-8,14,16H,1,9-11H2,2-3H3,(H,18,21)/t14-,16+/m1/s1. The molecule has 1 N–H and O–H groups in total. The van der Waals surface area contributed by atoms with Crippen molar-refractivity contribution in [1.82, 2.24) is 10.2 Å². The van der Waals surface area contributed by atoms with Crippen LogP contribution < -0.4 is 5.32 Å². The van der Waals surface area contributed by atoms with E-state index in [0.29, 0.717) is 19.4 Å². The van der Waals surface area contributed by atoms with E-state index in [2.05, 4.69) is 11.9 Å². The lowest BCUT2D eigenvalue weighted by molar-refractivity contribution is -0.141. The Morgan fingerprint density at radius 1 is 1.43 bits per heavy atom. The van der Waals surface area contributed by atoms with Crippen LogP contribution in [-0.2, 0) is 9.59 Å². The van der Waals surface area contributed by atoms with Crippen LogP contribution in [0.2, 0.25) is 0 Å². The van der Waals surface area contributed by atoms with Crippen molar-refractivity contribution in [3.63, 3.8) is 0 Å². The van der Waals surface area contributed by atoms with Gasteiger partial charge in [-0.2, -0.15) is 0 Å². The lowest BCUT2D eigenvalue weighted by Gasteiger charge is -2.38. The maximum absolute atomic E-state index is 12.4. The van der Waals surface area contributed by atoms with E-state index in [1.54, 1.807) is 18.0 Å². The Labute approximate surface area is 125 Å². The minimum atomic E-state index is -0.213. The molecular weight excluding hydrogens is 264 g/mol. The highest BCUT2D eigenvalue weighted by atomic mass is 16.2. The predicted octanol–water partition coefficient (Wildman–Crippen LogP) is 2.21. The van der Waals surface area contributed by atoms with Gasteiger partial charge in [0.25, 0.3) is 0 Å². The van der Waals surface area contributed by atoms with Gasteiger partial charge in [-0.1, -0.05) is 35.9 Å². The number of carbonyl (C=O) groups is 2. The number of hydrogen-bond donors (Lipinski definition) is 1. The molecule has 0 spiro atoms. The van der Waals surface area contributed by atoms with Crippen LogP contribution in [0.5, 0.6) is 0 Å². The highest BCUT2D eigenvalue weighted by Gasteiger charge is 2.38. The van der Waals surface area contributed by atoms with Crippen molar-refractivity contribution in [2.75, 3.05) is 13.6 Å². The largest absolute Gasteiger partial charge is 0.352 e. The molecule has 1 fully saturated rings. The van der Waals surface area contributed by atoms with Gasteiger partial charge in [-0.15, -0.1) is 6.58 Å². The quantitative estimate of drug-likeness (QED) is 0.863. The number of hydrogen-bond acceptors (Lipinski definition) is 2. The van der Waals surface area contributed by atoms with Gasteiger partial charge < -0.3 is 10.2 Å². The van der Waals surface area contributed by atoms with E-state index in [1.165, 1.54) is 0 Å². The van der Waals surface area contributed by atoms with Crippen molar-refractivity contribution >= 4 is 11.8 Å². The van der Waals surface area contributed by atoms with Crippen molar-refractivity contribution in [2.45, 2.75) is 25.8 Å². The first-order valence-corrected chi connectivity index (χ1v) is 7.25. The number of nitrogens with zero attached hydrogens (tertiary/aromatic N) is 1. The average Bonchev–Trinajstić information content (AvgIpc) is 2.48. The van der Waals surface area contributed by atoms with Gasteiger partial charge in [0.1, 0.15) is 0 Å². The van der Waals surface area contributed by atoms with Crippen LogP contribution in [0.4, 0.5) is 0 Å². The third kappa shape index (κ3) is 3.32. The molecule has 2 amide bonds. The number of benzene rings is 1. The monoisotopic (exact) mass is 286 g/mol. The van der Waals surface area contributed by atoms with E-state index in [4.69, 9.17) is 0 Å². The molecule has 2 rings (SSSR count). The molecule has 1 aromatic rings. The maximum atomic E-state index is 12.4. The molecule has 0 unspecified atom stereocenters. The van der Waals surface area contributed by atoms with E-state index in [1.807, 2.05) is 31.2 Å². The summed E-state index contributed by atoms with van der Waals surface area (Å²) < 4.78 is 0. The zero-order valence-electron chi connectivity index (χ0n) is 12.6. The van der Waals surface area contributed by atoms with Gasteiger partial charge in [0.2, 0.25) is 11.8 Å². The third-order valence-corrected chi connectivity index (χ3v) is 4.04. The molecule has 4 nitrogen and oxygen atoms in total. The summed E-state index contributed by atoms with van der Waals surface area (Å²) in [5.74, 6) is -0.136. The fourth-order valence-corrected chi connectivity index (χ4v) is 2.84. The highest BCUT2D eigenvalue weighted by Crippen LogP contribution is 2.35. The number of likely N-dealkylation sites (tertiary alicyclic amines) is 1. The normalized spacial score (nSPS) is 22.0. The first-order valence-electron chi connectivity index (χ1n) is 7.25. The lowest BCUT2D eigenvalue weighted by atomic mass is 9.83. The van der Waals surface area contributed by atoms with Crippen molar-refractivity contribution < 1.29 is 9.59 Å². The Hall–Kier alpha value is -2.10. The Bertz CT molecular complexity index is 536. The molecule has 1 heterocycles. The van der Waals surface area contributed by atoms with Crippen molar-refractivity contribution in [3.05, 3.63) is 48.0 Å². The summed E-state index contributed by atoms with van der Waals surface area (Å²) in [5, 5.41) is 2.85. The van der Waals surface area contributed by atoms with Crippen LogP contribution in [0.25, 0.3) is 0 Å². The second-order valence-electron chi connectivity index (χ2n) is 5.54.